The fourth-order valence-electron chi connectivity index (χ4n) is 3.25. The second kappa shape index (κ2) is 8.28. The Morgan fingerprint density at radius 1 is 1.21 bits per heavy atom. The molecular formula is C16H28IN7. The van der Waals surface area contributed by atoms with Gasteiger partial charge in [-0.25, -0.2) is 9.97 Å². The van der Waals surface area contributed by atoms with Crippen molar-refractivity contribution in [1.82, 2.24) is 19.8 Å². The van der Waals surface area contributed by atoms with Gasteiger partial charge in [0.05, 0.1) is 6.54 Å². The molecule has 2 fully saturated rings. The molecule has 0 unspecified atom stereocenters. The molecule has 1 aliphatic heterocycles. The third-order valence-corrected chi connectivity index (χ3v) is 5.21. The van der Waals surface area contributed by atoms with Crippen LogP contribution < -0.4 is 10.6 Å². The van der Waals surface area contributed by atoms with Crippen molar-refractivity contribution in [2.24, 2.45) is 10.7 Å². The number of rotatable bonds is 4. The van der Waals surface area contributed by atoms with Crippen molar-refractivity contribution in [3.63, 3.8) is 0 Å². The van der Waals surface area contributed by atoms with Crippen LogP contribution in [0.4, 0.5) is 5.95 Å². The Morgan fingerprint density at radius 3 is 2.33 bits per heavy atom. The molecule has 3 rings (SSSR count). The smallest absolute Gasteiger partial charge is 0.225 e. The Morgan fingerprint density at radius 2 is 1.83 bits per heavy atom. The Balaban J connectivity index is 0.00000208. The molecular weight excluding hydrogens is 417 g/mol. The van der Waals surface area contributed by atoms with Gasteiger partial charge in [-0.2, -0.15) is 0 Å². The van der Waals surface area contributed by atoms with Crippen molar-refractivity contribution in [1.29, 1.82) is 0 Å². The first kappa shape index (κ1) is 19.2. The lowest BCUT2D eigenvalue weighted by atomic mass is 9.76. The van der Waals surface area contributed by atoms with E-state index in [1.54, 1.807) is 12.4 Å². The summed E-state index contributed by atoms with van der Waals surface area (Å²) in [6.45, 7) is 4.27. The highest BCUT2D eigenvalue weighted by Crippen LogP contribution is 2.36. The van der Waals surface area contributed by atoms with Gasteiger partial charge < -0.3 is 20.4 Å². The van der Waals surface area contributed by atoms with Gasteiger partial charge in [0, 0.05) is 44.1 Å². The maximum absolute atomic E-state index is 6.23. The molecule has 0 radical (unpaired) electrons. The van der Waals surface area contributed by atoms with Crippen LogP contribution in [0.1, 0.15) is 19.3 Å². The van der Waals surface area contributed by atoms with Gasteiger partial charge in [-0.15, -0.1) is 24.0 Å². The summed E-state index contributed by atoms with van der Waals surface area (Å²) in [7, 11) is 4.28. The first-order valence-corrected chi connectivity index (χ1v) is 8.35. The highest BCUT2D eigenvalue weighted by atomic mass is 127. The van der Waals surface area contributed by atoms with Crippen LogP contribution in [0.25, 0.3) is 0 Å². The van der Waals surface area contributed by atoms with Crippen molar-refractivity contribution in [3.8, 4) is 0 Å². The molecule has 2 aliphatic rings. The van der Waals surface area contributed by atoms with Crippen molar-refractivity contribution < 1.29 is 0 Å². The van der Waals surface area contributed by atoms with Crippen molar-refractivity contribution in [2.45, 2.75) is 24.8 Å². The lowest BCUT2D eigenvalue weighted by Gasteiger charge is -2.46. The predicted molar refractivity (Wildman–Crippen MR) is 108 cm³/mol. The quantitative estimate of drug-likeness (QED) is 0.424. The van der Waals surface area contributed by atoms with Crippen LogP contribution >= 0.6 is 24.0 Å². The van der Waals surface area contributed by atoms with Crippen molar-refractivity contribution >= 4 is 35.9 Å². The number of piperazine rings is 1. The third-order valence-electron chi connectivity index (χ3n) is 5.21. The Hall–Kier alpha value is -1.16. The van der Waals surface area contributed by atoms with E-state index in [1.165, 1.54) is 19.3 Å². The summed E-state index contributed by atoms with van der Waals surface area (Å²) >= 11 is 0. The lowest BCUT2D eigenvalue weighted by Crippen LogP contribution is -2.54. The van der Waals surface area contributed by atoms with Crippen molar-refractivity contribution in [2.75, 3.05) is 51.7 Å². The Labute approximate surface area is 161 Å². The van der Waals surface area contributed by atoms with Crippen LogP contribution in [0.2, 0.25) is 0 Å². The van der Waals surface area contributed by atoms with Gasteiger partial charge in [-0.05, 0) is 39.4 Å². The standard InChI is InChI=1S/C16H27N7.HI/c1-21(2)16(5-3-6-16)13-20-14(17)22-9-11-23(12-10-22)15-18-7-4-8-19-15;/h4,7-8H,3,5-6,9-13H2,1-2H3,(H2,17,20);1H. The van der Waals surface area contributed by atoms with Crippen LogP contribution in [0.15, 0.2) is 23.5 Å². The van der Waals surface area contributed by atoms with E-state index in [9.17, 15) is 0 Å². The molecule has 2 heterocycles. The zero-order valence-corrected chi connectivity index (χ0v) is 16.9. The molecule has 1 saturated heterocycles. The number of hydrogen-bond donors (Lipinski definition) is 1. The van der Waals surface area contributed by atoms with Crippen LogP contribution in [-0.2, 0) is 0 Å². The normalized spacial score (nSPS) is 20.5. The highest BCUT2D eigenvalue weighted by Gasteiger charge is 2.39. The monoisotopic (exact) mass is 445 g/mol. The van der Waals surface area contributed by atoms with Gasteiger partial charge in [-0.3, -0.25) is 4.99 Å². The zero-order valence-electron chi connectivity index (χ0n) is 14.6. The minimum absolute atomic E-state index is 0. The zero-order chi connectivity index (χ0) is 16.3. The fraction of sp³-hybridized carbons (Fsp3) is 0.688. The van der Waals surface area contributed by atoms with Crippen molar-refractivity contribution in [3.05, 3.63) is 18.5 Å². The topological polar surface area (TPSA) is 73.9 Å². The van der Waals surface area contributed by atoms with E-state index in [2.05, 4.69) is 43.8 Å². The maximum Gasteiger partial charge on any atom is 0.225 e. The molecule has 1 aromatic rings. The van der Waals surface area contributed by atoms with Crippen LogP contribution in [0.3, 0.4) is 0 Å². The molecule has 134 valence electrons. The number of aliphatic imine (C=N–C) groups is 1. The molecule has 1 aromatic heterocycles. The van der Waals surface area contributed by atoms with Gasteiger partial charge in [0.25, 0.3) is 0 Å². The van der Waals surface area contributed by atoms with Gasteiger partial charge in [-0.1, -0.05) is 0 Å². The number of halogens is 1. The molecule has 7 nitrogen and oxygen atoms in total. The van der Waals surface area contributed by atoms with Gasteiger partial charge in [0.15, 0.2) is 5.96 Å². The molecule has 1 saturated carbocycles. The number of aromatic nitrogens is 2. The van der Waals surface area contributed by atoms with Gasteiger partial charge >= 0.3 is 0 Å². The molecule has 0 aromatic carbocycles. The lowest BCUT2D eigenvalue weighted by molar-refractivity contribution is 0.0697. The maximum atomic E-state index is 6.23. The third kappa shape index (κ3) is 4.08. The summed E-state index contributed by atoms with van der Waals surface area (Å²) in [6, 6.07) is 1.84. The SMILES string of the molecule is CN(C)C1(CN=C(N)N2CCN(c3ncccn3)CC2)CCC1.I. The molecule has 1 aliphatic carbocycles. The van der Waals surface area contributed by atoms with Gasteiger partial charge in [0.1, 0.15) is 0 Å². The highest BCUT2D eigenvalue weighted by molar-refractivity contribution is 14.0. The molecule has 0 atom stereocenters. The predicted octanol–water partition coefficient (Wildman–Crippen LogP) is 1.02. The minimum atomic E-state index is 0. The number of nitrogens with zero attached hydrogens (tertiary/aromatic N) is 6. The minimum Gasteiger partial charge on any atom is -0.370 e. The molecule has 0 amide bonds. The number of nitrogens with two attached hydrogens (primary N) is 1. The second-order valence-corrected chi connectivity index (χ2v) is 6.67. The van der Waals surface area contributed by atoms with Crippen LogP contribution in [0, 0.1) is 0 Å². The summed E-state index contributed by atoms with van der Waals surface area (Å²) in [5.74, 6) is 1.47. The fourth-order valence-corrected chi connectivity index (χ4v) is 3.25. The summed E-state index contributed by atoms with van der Waals surface area (Å²) < 4.78 is 0. The molecule has 24 heavy (non-hydrogen) atoms. The Bertz CT molecular complexity index is 537. The van der Waals surface area contributed by atoms with E-state index in [0.29, 0.717) is 5.96 Å². The van der Waals surface area contributed by atoms with E-state index >= 15 is 0 Å². The summed E-state index contributed by atoms with van der Waals surface area (Å²) in [5.41, 5.74) is 6.45. The van der Waals surface area contributed by atoms with Crippen LogP contribution in [0.5, 0.6) is 0 Å². The summed E-state index contributed by atoms with van der Waals surface area (Å²) in [6.07, 6.45) is 7.29. The average molecular weight is 445 g/mol. The number of guanidine groups is 1. The summed E-state index contributed by atoms with van der Waals surface area (Å²) in [4.78, 5) is 20.0. The van der Waals surface area contributed by atoms with E-state index in [1.807, 2.05) is 6.07 Å². The first-order chi connectivity index (χ1) is 11.1. The second-order valence-electron chi connectivity index (χ2n) is 6.67. The first-order valence-electron chi connectivity index (χ1n) is 8.35. The Kier molecular flexibility index (Phi) is 6.62. The largest absolute Gasteiger partial charge is 0.370 e. The summed E-state index contributed by atoms with van der Waals surface area (Å²) in [5, 5.41) is 0. The van der Waals surface area contributed by atoms with E-state index < -0.39 is 0 Å². The molecule has 0 spiro atoms. The average Bonchev–Trinajstić information content (AvgIpc) is 2.54. The number of hydrogen-bond acceptors (Lipinski definition) is 5. The van der Waals surface area contributed by atoms with E-state index in [4.69, 9.17) is 5.73 Å². The van der Waals surface area contributed by atoms with E-state index in [-0.39, 0.29) is 29.5 Å². The molecule has 0 bridgehead atoms. The molecule has 2 N–H and O–H groups in total. The molecule has 8 heteroatoms. The van der Waals surface area contributed by atoms with Gasteiger partial charge in [0.2, 0.25) is 5.95 Å². The number of anilines is 1. The van der Waals surface area contributed by atoms with E-state index in [0.717, 1.165) is 38.7 Å². The number of likely N-dealkylation sites (N-methyl/N-ethyl adjacent to an activating group) is 1. The van der Waals surface area contributed by atoms with Crippen LogP contribution in [-0.4, -0.2) is 78.1 Å².